The third kappa shape index (κ3) is 2.58. The van der Waals surface area contributed by atoms with Gasteiger partial charge in [0, 0.05) is 0 Å². The van der Waals surface area contributed by atoms with E-state index in [4.69, 9.17) is 0 Å². The van der Waals surface area contributed by atoms with Crippen LogP contribution in [0.3, 0.4) is 0 Å². The summed E-state index contributed by atoms with van der Waals surface area (Å²) in [6, 6.07) is 0. The molecule has 1 heteroatoms. The SMILES string of the molecule is C[C-](C)C(C)S. The monoisotopic (exact) mass is 103 g/mol. The predicted molar refractivity (Wildman–Crippen MR) is 33.0 cm³/mol. The molecule has 0 aromatic carbocycles. The van der Waals surface area contributed by atoms with Gasteiger partial charge >= 0.3 is 0 Å². The van der Waals surface area contributed by atoms with Crippen molar-refractivity contribution in [3.05, 3.63) is 5.92 Å². The van der Waals surface area contributed by atoms with E-state index >= 15 is 0 Å². The van der Waals surface area contributed by atoms with Crippen LogP contribution >= 0.6 is 12.6 Å². The van der Waals surface area contributed by atoms with Crippen molar-refractivity contribution in [2.45, 2.75) is 26.0 Å². The smallest absolute Gasteiger partial charge is 0.0812 e. The van der Waals surface area contributed by atoms with Crippen LogP contribution in [0.15, 0.2) is 0 Å². The summed E-state index contributed by atoms with van der Waals surface area (Å²) >= 11 is 4.16. The van der Waals surface area contributed by atoms with Crippen LogP contribution in [0.1, 0.15) is 20.8 Å². The average Bonchev–Trinajstić information content (AvgIpc) is 1.36. The summed E-state index contributed by atoms with van der Waals surface area (Å²) in [7, 11) is 0. The zero-order chi connectivity index (χ0) is 5.15. The number of hydrogen-bond acceptors (Lipinski definition) is 1. The van der Waals surface area contributed by atoms with Gasteiger partial charge < -0.3 is 5.92 Å². The number of thiol groups is 1. The Kier molecular flexibility index (Phi) is 2.66. The maximum Gasteiger partial charge on any atom is -0.0812 e. The van der Waals surface area contributed by atoms with E-state index in [0.717, 1.165) is 0 Å². The molecular weight excluding hydrogens is 92.1 g/mol. The fourth-order valence-electron chi connectivity index (χ4n) is 0. The summed E-state index contributed by atoms with van der Waals surface area (Å²) in [5.74, 6) is 1.37. The van der Waals surface area contributed by atoms with Crippen molar-refractivity contribution in [3.63, 3.8) is 0 Å². The first-order valence-corrected chi connectivity index (χ1v) is 2.64. The van der Waals surface area contributed by atoms with E-state index in [0.29, 0.717) is 5.25 Å². The molecule has 0 amide bonds. The Labute approximate surface area is 45.4 Å². The maximum absolute atomic E-state index is 4.16. The second-order valence-electron chi connectivity index (χ2n) is 1.75. The average molecular weight is 103 g/mol. The van der Waals surface area contributed by atoms with Crippen LogP contribution in [0.2, 0.25) is 0 Å². The van der Waals surface area contributed by atoms with E-state index in [1.165, 1.54) is 5.92 Å². The molecule has 0 heterocycles. The predicted octanol–water partition coefficient (Wildman–Crippen LogP) is 1.92. The Balaban J connectivity index is 2.99. The Hall–Kier alpha value is 0.350. The molecule has 0 aromatic rings. The molecular formula is C5H11S-. The van der Waals surface area contributed by atoms with Crippen molar-refractivity contribution < 1.29 is 0 Å². The second-order valence-corrected chi connectivity index (χ2v) is 2.53. The molecule has 0 aliphatic carbocycles. The molecule has 1 atom stereocenters. The molecule has 38 valence electrons. The van der Waals surface area contributed by atoms with E-state index in [9.17, 15) is 0 Å². The third-order valence-electron chi connectivity index (χ3n) is 0.836. The molecule has 1 unspecified atom stereocenters. The van der Waals surface area contributed by atoms with Crippen LogP contribution in [-0.2, 0) is 0 Å². The van der Waals surface area contributed by atoms with Gasteiger partial charge in [-0.25, -0.2) is 12.6 Å². The Morgan fingerprint density at radius 3 is 1.67 bits per heavy atom. The lowest BCUT2D eigenvalue weighted by molar-refractivity contribution is 0.948. The molecule has 0 rings (SSSR count). The largest absolute Gasteiger partial charge is 0.307 e. The fourth-order valence-corrected chi connectivity index (χ4v) is 0. The Bertz CT molecular complexity index is 24.9. The van der Waals surface area contributed by atoms with Crippen LogP contribution < -0.4 is 0 Å². The normalized spacial score (nSPS) is 15.5. The molecule has 6 heavy (non-hydrogen) atoms. The summed E-state index contributed by atoms with van der Waals surface area (Å²) < 4.78 is 0. The quantitative estimate of drug-likeness (QED) is 0.380. The topological polar surface area (TPSA) is 0 Å². The molecule has 0 saturated carbocycles. The van der Waals surface area contributed by atoms with Gasteiger partial charge in [0.1, 0.15) is 0 Å². The lowest BCUT2D eigenvalue weighted by atomic mass is 10.2. The molecule has 0 bridgehead atoms. The molecule has 0 nitrogen and oxygen atoms in total. The summed E-state index contributed by atoms with van der Waals surface area (Å²) in [5.41, 5.74) is 0. The molecule has 0 radical (unpaired) electrons. The zero-order valence-corrected chi connectivity index (χ0v) is 5.42. The first-order chi connectivity index (χ1) is 2.64. The lowest BCUT2D eigenvalue weighted by Crippen LogP contribution is -1.97. The molecule has 0 saturated heterocycles. The zero-order valence-electron chi connectivity index (χ0n) is 4.52. The van der Waals surface area contributed by atoms with E-state index < -0.39 is 0 Å². The van der Waals surface area contributed by atoms with Crippen molar-refractivity contribution in [1.82, 2.24) is 0 Å². The van der Waals surface area contributed by atoms with Crippen molar-refractivity contribution in [1.29, 1.82) is 0 Å². The molecule has 0 aromatic heterocycles. The number of rotatable bonds is 1. The third-order valence-corrected chi connectivity index (χ3v) is 1.35. The van der Waals surface area contributed by atoms with Gasteiger partial charge in [-0.2, -0.15) is 13.8 Å². The fraction of sp³-hybridized carbons (Fsp3) is 0.800. The summed E-state index contributed by atoms with van der Waals surface area (Å²) in [4.78, 5) is 0. The summed E-state index contributed by atoms with van der Waals surface area (Å²) in [6.45, 7) is 6.23. The van der Waals surface area contributed by atoms with Crippen LogP contribution in [-0.4, -0.2) is 5.25 Å². The van der Waals surface area contributed by atoms with Crippen LogP contribution in [0, 0.1) is 5.92 Å². The first-order valence-electron chi connectivity index (χ1n) is 2.12. The number of hydrogen-bond donors (Lipinski definition) is 1. The summed E-state index contributed by atoms with van der Waals surface area (Å²) in [6.07, 6.45) is 0. The van der Waals surface area contributed by atoms with Gasteiger partial charge in [-0.05, 0) is 0 Å². The standard InChI is InChI=1S/C5H11S/c1-4(2)5(3)6/h5-6H,1-3H3/q-1. The van der Waals surface area contributed by atoms with E-state index in [-0.39, 0.29) is 0 Å². The highest BCUT2D eigenvalue weighted by Gasteiger charge is 1.81. The van der Waals surface area contributed by atoms with E-state index in [1.54, 1.807) is 0 Å². The second kappa shape index (κ2) is 2.51. The van der Waals surface area contributed by atoms with Gasteiger partial charge in [-0.15, -0.1) is 5.25 Å². The van der Waals surface area contributed by atoms with Crippen LogP contribution in [0.5, 0.6) is 0 Å². The van der Waals surface area contributed by atoms with Crippen molar-refractivity contribution >= 4 is 12.6 Å². The van der Waals surface area contributed by atoms with Crippen molar-refractivity contribution in [2.75, 3.05) is 0 Å². The van der Waals surface area contributed by atoms with Crippen LogP contribution in [0.25, 0.3) is 0 Å². The van der Waals surface area contributed by atoms with Crippen molar-refractivity contribution in [3.8, 4) is 0 Å². The molecule has 0 N–H and O–H groups in total. The van der Waals surface area contributed by atoms with Gasteiger partial charge in [-0.3, -0.25) is 0 Å². The van der Waals surface area contributed by atoms with E-state index in [1.807, 2.05) is 0 Å². The van der Waals surface area contributed by atoms with Gasteiger partial charge in [0.2, 0.25) is 0 Å². The van der Waals surface area contributed by atoms with Gasteiger partial charge in [0.25, 0.3) is 0 Å². The summed E-state index contributed by atoms with van der Waals surface area (Å²) in [5, 5.41) is 0.463. The molecule has 0 fully saturated rings. The highest BCUT2D eigenvalue weighted by atomic mass is 32.1. The molecule has 0 aliphatic rings. The lowest BCUT2D eigenvalue weighted by Gasteiger charge is -2.20. The van der Waals surface area contributed by atoms with Crippen molar-refractivity contribution in [2.24, 2.45) is 0 Å². The van der Waals surface area contributed by atoms with Gasteiger partial charge in [0.15, 0.2) is 0 Å². The van der Waals surface area contributed by atoms with Gasteiger partial charge in [-0.1, -0.05) is 6.92 Å². The van der Waals surface area contributed by atoms with Gasteiger partial charge in [0.05, 0.1) is 0 Å². The molecule has 0 spiro atoms. The molecule has 0 aliphatic heterocycles. The first kappa shape index (κ1) is 6.35. The minimum Gasteiger partial charge on any atom is -0.307 e. The minimum absolute atomic E-state index is 0.463. The highest BCUT2D eigenvalue weighted by Crippen LogP contribution is 2.07. The Morgan fingerprint density at radius 1 is 1.50 bits per heavy atom. The van der Waals surface area contributed by atoms with Crippen LogP contribution in [0.4, 0.5) is 0 Å². The highest BCUT2D eigenvalue weighted by molar-refractivity contribution is 7.81. The Morgan fingerprint density at radius 2 is 1.67 bits per heavy atom. The van der Waals surface area contributed by atoms with E-state index in [2.05, 4.69) is 33.4 Å². The minimum atomic E-state index is 0.463. The maximum atomic E-state index is 4.16.